The van der Waals surface area contributed by atoms with Gasteiger partial charge in [0, 0.05) is 54.2 Å². The molecule has 196 valence electrons. The Bertz CT molecular complexity index is 1480. The standard InChI is InChI=1S/C26H26ClN7O3S/c1-34-9-8-20-21(14-34)38-26(32-20)25(37)31-17(10-15-11-28-19-5-3-2-4-18(15)19)13-30-23(35)24(36)33-22-7-6-16(27)12-29-22/h2-7,11-12,17,28H,8-10,13-14H2,1H3,(H,30,35)(H,31,37)(H,29,33,36). The van der Waals surface area contributed by atoms with Gasteiger partial charge < -0.3 is 25.8 Å². The number of likely N-dealkylation sites (N-methyl/N-ethyl adjacent to an activating group) is 1. The van der Waals surface area contributed by atoms with Gasteiger partial charge in [-0.2, -0.15) is 0 Å². The van der Waals surface area contributed by atoms with E-state index in [0.717, 1.165) is 46.5 Å². The zero-order chi connectivity index (χ0) is 26.6. The number of carbonyl (C=O) groups excluding carboxylic acids is 3. The highest BCUT2D eigenvalue weighted by Gasteiger charge is 2.24. The van der Waals surface area contributed by atoms with Crippen LogP contribution in [0.25, 0.3) is 10.9 Å². The molecular weight excluding hydrogens is 526 g/mol. The van der Waals surface area contributed by atoms with E-state index in [1.54, 1.807) is 6.07 Å². The average Bonchev–Trinajstić information content (AvgIpc) is 3.52. The summed E-state index contributed by atoms with van der Waals surface area (Å²) in [6.07, 6.45) is 4.51. The lowest BCUT2D eigenvalue weighted by atomic mass is 10.0. The highest BCUT2D eigenvalue weighted by Crippen LogP contribution is 2.25. The first kappa shape index (κ1) is 25.8. The molecule has 1 unspecified atom stereocenters. The van der Waals surface area contributed by atoms with Crippen LogP contribution in [0.3, 0.4) is 0 Å². The topological polar surface area (TPSA) is 132 Å². The first-order valence-corrected chi connectivity index (χ1v) is 13.3. The third-order valence-corrected chi connectivity index (χ3v) is 7.58. The van der Waals surface area contributed by atoms with Gasteiger partial charge in [-0.1, -0.05) is 29.8 Å². The molecule has 0 fully saturated rings. The fraction of sp³-hybridized carbons (Fsp3) is 0.269. The quantitative estimate of drug-likeness (QED) is 0.261. The van der Waals surface area contributed by atoms with Gasteiger partial charge in [-0.25, -0.2) is 9.97 Å². The van der Waals surface area contributed by atoms with Crippen LogP contribution in [0.5, 0.6) is 0 Å². The first-order chi connectivity index (χ1) is 18.4. The Morgan fingerprint density at radius 3 is 2.84 bits per heavy atom. The Kier molecular flexibility index (Phi) is 7.68. The Labute approximate surface area is 227 Å². The van der Waals surface area contributed by atoms with Crippen LogP contribution in [0.4, 0.5) is 5.82 Å². The van der Waals surface area contributed by atoms with Crippen LogP contribution < -0.4 is 16.0 Å². The number of fused-ring (bicyclic) bond motifs is 2. The van der Waals surface area contributed by atoms with E-state index in [1.807, 2.05) is 37.5 Å². The summed E-state index contributed by atoms with van der Waals surface area (Å²) in [6.45, 7) is 1.71. The minimum absolute atomic E-state index is 0.0410. The van der Waals surface area contributed by atoms with Crippen LogP contribution in [0.15, 0.2) is 48.8 Å². The van der Waals surface area contributed by atoms with Crippen LogP contribution in [-0.4, -0.2) is 63.8 Å². The maximum atomic E-state index is 13.2. The molecule has 3 aromatic heterocycles. The van der Waals surface area contributed by atoms with Crippen molar-refractivity contribution in [2.45, 2.75) is 25.4 Å². The van der Waals surface area contributed by atoms with Gasteiger partial charge in [-0.3, -0.25) is 14.4 Å². The molecule has 1 aliphatic rings. The Balaban J connectivity index is 1.28. The number of pyridine rings is 1. The van der Waals surface area contributed by atoms with Crippen molar-refractivity contribution in [3.05, 3.63) is 75.0 Å². The molecule has 4 aromatic rings. The van der Waals surface area contributed by atoms with Crippen LogP contribution in [0, 0.1) is 0 Å². The van der Waals surface area contributed by atoms with Crippen molar-refractivity contribution < 1.29 is 14.4 Å². The van der Waals surface area contributed by atoms with Crippen molar-refractivity contribution in [3.8, 4) is 0 Å². The largest absolute Gasteiger partial charge is 0.361 e. The number of benzene rings is 1. The van der Waals surface area contributed by atoms with E-state index in [0.29, 0.717) is 16.5 Å². The number of rotatable bonds is 7. The number of anilines is 1. The number of nitrogens with zero attached hydrogens (tertiary/aromatic N) is 3. The lowest BCUT2D eigenvalue weighted by molar-refractivity contribution is -0.136. The molecule has 0 aliphatic carbocycles. The molecule has 0 saturated carbocycles. The molecule has 0 radical (unpaired) electrons. The van der Waals surface area contributed by atoms with Crippen molar-refractivity contribution in [2.75, 3.05) is 25.5 Å². The van der Waals surface area contributed by atoms with Crippen LogP contribution in [-0.2, 0) is 29.0 Å². The van der Waals surface area contributed by atoms with E-state index in [2.05, 4.69) is 35.8 Å². The number of carbonyl (C=O) groups is 3. The van der Waals surface area contributed by atoms with Crippen molar-refractivity contribution in [2.24, 2.45) is 0 Å². The molecule has 1 atom stereocenters. The van der Waals surface area contributed by atoms with E-state index in [1.165, 1.54) is 23.6 Å². The number of thiazole rings is 1. The van der Waals surface area contributed by atoms with Gasteiger partial charge in [0.25, 0.3) is 5.91 Å². The first-order valence-electron chi connectivity index (χ1n) is 12.1. The van der Waals surface area contributed by atoms with Gasteiger partial charge in [0.2, 0.25) is 0 Å². The van der Waals surface area contributed by atoms with E-state index < -0.39 is 17.9 Å². The van der Waals surface area contributed by atoms with Gasteiger partial charge in [0.05, 0.1) is 16.8 Å². The molecule has 4 N–H and O–H groups in total. The van der Waals surface area contributed by atoms with E-state index in [-0.39, 0.29) is 18.3 Å². The molecule has 0 saturated heterocycles. The number of aromatic nitrogens is 3. The number of H-pyrrole nitrogens is 1. The third-order valence-electron chi connectivity index (χ3n) is 6.28. The fourth-order valence-electron chi connectivity index (χ4n) is 4.33. The molecule has 1 aromatic carbocycles. The number of amides is 3. The van der Waals surface area contributed by atoms with Crippen LogP contribution in [0.2, 0.25) is 5.02 Å². The summed E-state index contributed by atoms with van der Waals surface area (Å²) in [5.74, 6) is -1.81. The molecule has 3 amide bonds. The monoisotopic (exact) mass is 551 g/mol. The minimum atomic E-state index is -0.867. The van der Waals surface area contributed by atoms with Crippen molar-refractivity contribution in [3.63, 3.8) is 0 Å². The van der Waals surface area contributed by atoms with Gasteiger partial charge in [-0.05, 0) is 37.2 Å². The summed E-state index contributed by atoms with van der Waals surface area (Å²) in [6, 6.07) is 10.4. The molecule has 1 aliphatic heterocycles. The summed E-state index contributed by atoms with van der Waals surface area (Å²) >= 11 is 7.21. The molecule has 12 heteroatoms. The number of halogens is 1. The maximum absolute atomic E-state index is 13.2. The van der Waals surface area contributed by atoms with Gasteiger partial charge in [0.1, 0.15) is 5.82 Å². The summed E-state index contributed by atoms with van der Waals surface area (Å²) < 4.78 is 0. The molecule has 0 spiro atoms. The minimum Gasteiger partial charge on any atom is -0.361 e. The van der Waals surface area contributed by atoms with Crippen LogP contribution >= 0.6 is 22.9 Å². The summed E-state index contributed by atoms with van der Waals surface area (Å²) in [5.41, 5.74) is 2.92. The van der Waals surface area contributed by atoms with Crippen molar-refractivity contribution >= 4 is 57.4 Å². The fourth-order valence-corrected chi connectivity index (χ4v) is 5.53. The predicted octanol–water partition coefficient (Wildman–Crippen LogP) is 2.76. The van der Waals surface area contributed by atoms with Crippen molar-refractivity contribution in [1.82, 2.24) is 30.5 Å². The van der Waals surface area contributed by atoms with Gasteiger partial charge in [0.15, 0.2) is 5.01 Å². The number of nitrogens with one attached hydrogen (secondary N) is 4. The van der Waals surface area contributed by atoms with Gasteiger partial charge in [-0.15, -0.1) is 11.3 Å². The van der Waals surface area contributed by atoms with Crippen LogP contribution in [0.1, 0.15) is 25.9 Å². The second-order valence-corrected chi connectivity index (χ2v) is 10.7. The predicted molar refractivity (Wildman–Crippen MR) is 146 cm³/mol. The summed E-state index contributed by atoms with van der Waals surface area (Å²) in [5, 5.41) is 9.92. The summed E-state index contributed by atoms with van der Waals surface area (Å²) in [4.78, 5) is 53.2. The zero-order valence-corrected chi connectivity index (χ0v) is 22.2. The Hall–Kier alpha value is -3.80. The number of hydrogen-bond acceptors (Lipinski definition) is 7. The molecule has 5 rings (SSSR count). The smallest absolute Gasteiger partial charge is 0.314 e. The second kappa shape index (κ2) is 11.3. The molecule has 0 bridgehead atoms. The Morgan fingerprint density at radius 1 is 1.18 bits per heavy atom. The van der Waals surface area contributed by atoms with Crippen molar-refractivity contribution in [1.29, 1.82) is 0 Å². The maximum Gasteiger partial charge on any atom is 0.314 e. The lowest BCUT2D eigenvalue weighted by Crippen LogP contribution is -2.47. The normalized spacial score (nSPS) is 14.1. The second-order valence-electron chi connectivity index (χ2n) is 9.14. The number of hydrogen-bond donors (Lipinski definition) is 4. The zero-order valence-electron chi connectivity index (χ0n) is 20.6. The third kappa shape index (κ3) is 6.01. The summed E-state index contributed by atoms with van der Waals surface area (Å²) in [7, 11) is 2.04. The van der Waals surface area contributed by atoms with Gasteiger partial charge >= 0.3 is 11.8 Å². The number of aromatic amines is 1. The number of para-hydroxylation sites is 1. The van der Waals surface area contributed by atoms with E-state index in [9.17, 15) is 14.4 Å². The van der Waals surface area contributed by atoms with E-state index in [4.69, 9.17) is 11.6 Å². The highest BCUT2D eigenvalue weighted by molar-refractivity contribution is 7.13. The molecule has 4 heterocycles. The molecule has 10 nitrogen and oxygen atoms in total. The lowest BCUT2D eigenvalue weighted by Gasteiger charge is -2.20. The average molecular weight is 552 g/mol. The SMILES string of the molecule is CN1CCc2nc(C(=O)NC(CNC(=O)C(=O)Nc3ccc(Cl)cn3)Cc3c[nH]c4ccccc34)sc2C1. The Morgan fingerprint density at radius 2 is 2.03 bits per heavy atom. The highest BCUT2D eigenvalue weighted by atomic mass is 35.5. The van der Waals surface area contributed by atoms with E-state index >= 15 is 0 Å². The molecular formula is C26H26ClN7O3S. The molecule has 38 heavy (non-hydrogen) atoms.